The summed E-state index contributed by atoms with van der Waals surface area (Å²) in [5, 5.41) is 0. The molecule has 22 heavy (non-hydrogen) atoms. The van der Waals surface area contributed by atoms with E-state index in [0.717, 1.165) is 6.42 Å². The lowest BCUT2D eigenvalue weighted by molar-refractivity contribution is 0.737. The first-order chi connectivity index (χ1) is 10.8. The second-order valence-electron chi connectivity index (χ2n) is 6.66. The van der Waals surface area contributed by atoms with Crippen molar-refractivity contribution in [2.75, 3.05) is 0 Å². The Morgan fingerprint density at radius 3 is 1.64 bits per heavy atom. The first-order valence-corrected chi connectivity index (χ1v) is 9.69. The van der Waals surface area contributed by atoms with Crippen LogP contribution in [0.1, 0.15) is 94.4 Å². The number of rotatable bonds is 12. The van der Waals surface area contributed by atoms with Crippen molar-refractivity contribution in [3.63, 3.8) is 0 Å². The van der Waals surface area contributed by atoms with Gasteiger partial charge in [-0.05, 0) is 73.6 Å². The van der Waals surface area contributed by atoms with E-state index < -0.39 is 0 Å². The van der Waals surface area contributed by atoms with Gasteiger partial charge < -0.3 is 0 Å². The van der Waals surface area contributed by atoms with E-state index in [0.29, 0.717) is 0 Å². The van der Waals surface area contributed by atoms with Gasteiger partial charge in [0.05, 0.1) is 0 Å². The maximum atomic E-state index is 4.04. The van der Waals surface area contributed by atoms with Crippen molar-refractivity contribution in [3.8, 4) is 0 Å². The molecule has 125 valence electrons. The van der Waals surface area contributed by atoms with Gasteiger partial charge in [-0.3, -0.25) is 0 Å². The molecule has 0 nitrogen and oxygen atoms in total. The van der Waals surface area contributed by atoms with E-state index in [9.17, 15) is 0 Å². The average Bonchev–Trinajstić information content (AvgIpc) is 2.54. The Morgan fingerprint density at radius 2 is 1.18 bits per heavy atom. The van der Waals surface area contributed by atoms with Crippen LogP contribution < -0.4 is 0 Å². The van der Waals surface area contributed by atoms with Gasteiger partial charge in [0.25, 0.3) is 0 Å². The van der Waals surface area contributed by atoms with Gasteiger partial charge in [-0.2, -0.15) is 0 Å². The second kappa shape index (κ2) is 11.7. The molecule has 1 rings (SSSR count). The number of benzene rings is 1. The summed E-state index contributed by atoms with van der Waals surface area (Å²) in [5.41, 5.74) is 6.55. The maximum absolute atomic E-state index is 4.04. The number of aryl methyl sites for hydroxylation is 3. The molecule has 0 saturated carbocycles. The lowest BCUT2D eigenvalue weighted by Gasteiger charge is -2.18. The summed E-state index contributed by atoms with van der Waals surface area (Å²) in [6, 6.07) is 5.05. The third-order valence-electron chi connectivity index (χ3n) is 4.59. The molecule has 0 N–H and O–H groups in total. The molecule has 0 saturated heterocycles. The molecule has 0 spiro atoms. The van der Waals surface area contributed by atoms with E-state index in [-0.39, 0.29) is 0 Å². The fourth-order valence-electron chi connectivity index (χ4n) is 3.20. The molecule has 0 amide bonds. The molecule has 0 bridgehead atoms. The summed E-state index contributed by atoms with van der Waals surface area (Å²) in [5.74, 6) is 0. The highest BCUT2D eigenvalue weighted by Crippen LogP contribution is 2.25. The second-order valence-corrected chi connectivity index (χ2v) is 6.66. The summed E-state index contributed by atoms with van der Waals surface area (Å²) in [6.07, 6.45) is 15.1. The molecular formula is C22H37. The van der Waals surface area contributed by atoms with Crippen LogP contribution in [0.15, 0.2) is 12.1 Å². The molecule has 1 radical (unpaired) electrons. The van der Waals surface area contributed by atoms with Crippen LogP contribution in [-0.4, -0.2) is 0 Å². The Kier molecular flexibility index (Phi) is 10.3. The van der Waals surface area contributed by atoms with Gasteiger partial charge in [0.1, 0.15) is 0 Å². The minimum atomic E-state index is 1.05. The molecule has 0 fully saturated rings. The maximum Gasteiger partial charge on any atom is -0.0273 e. The van der Waals surface area contributed by atoms with Crippen LogP contribution in [0.25, 0.3) is 0 Å². The van der Waals surface area contributed by atoms with E-state index in [1.165, 1.54) is 70.6 Å². The Balaban J connectivity index is 3.07. The van der Waals surface area contributed by atoms with Crippen LogP contribution >= 0.6 is 0 Å². The Bertz CT molecular complexity index is 373. The normalized spacial score (nSPS) is 11.1. The van der Waals surface area contributed by atoms with Gasteiger partial charge in [0, 0.05) is 0 Å². The first kappa shape index (κ1) is 19.3. The van der Waals surface area contributed by atoms with E-state index >= 15 is 0 Å². The zero-order chi connectivity index (χ0) is 16.2. The molecule has 1 aromatic carbocycles. The smallest absolute Gasteiger partial charge is 0.0273 e. The van der Waals surface area contributed by atoms with Gasteiger partial charge in [-0.25, -0.2) is 0 Å². The van der Waals surface area contributed by atoms with E-state index in [2.05, 4.69) is 39.8 Å². The molecule has 0 heterocycles. The molecule has 0 atom stereocenters. The SMILES string of the molecule is [CH2]CCCc1c(CCCC)cc(CCCC)cc1CCCC. The first-order valence-electron chi connectivity index (χ1n) is 9.69. The van der Waals surface area contributed by atoms with Crippen molar-refractivity contribution in [1.82, 2.24) is 0 Å². The van der Waals surface area contributed by atoms with Crippen molar-refractivity contribution in [2.45, 2.75) is 97.8 Å². The van der Waals surface area contributed by atoms with Crippen LogP contribution in [0.5, 0.6) is 0 Å². The minimum Gasteiger partial charge on any atom is -0.0654 e. The molecular weight excluding hydrogens is 264 g/mol. The standard InChI is InChI=1S/C22H37/c1-5-9-13-19-17-20(14-10-6-2)22(16-12-8-4)21(18-19)15-11-7-3/h17-18H,4-16H2,1-3H3. The van der Waals surface area contributed by atoms with E-state index in [1.807, 2.05) is 0 Å². The molecule has 0 heteroatoms. The molecule has 0 unspecified atom stereocenters. The van der Waals surface area contributed by atoms with Crippen LogP contribution in [0.4, 0.5) is 0 Å². The lowest BCUT2D eigenvalue weighted by atomic mass is 9.88. The largest absolute Gasteiger partial charge is 0.0654 e. The highest BCUT2D eigenvalue weighted by Gasteiger charge is 2.10. The third-order valence-corrected chi connectivity index (χ3v) is 4.59. The van der Waals surface area contributed by atoms with Gasteiger partial charge in [0.2, 0.25) is 0 Å². The summed E-state index contributed by atoms with van der Waals surface area (Å²) in [6.45, 7) is 10.9. The Morgan fingerprint density at radius 1 is 0.682 bits per heavy atom. The fourth-order valence-corrected chi connectivity index (χ4v) is 3.20. The van der Waals surface area contributed by atoms with Gasteiger partial charge >= 0.3 is 0 Å². The van der Waals surface area contributed by atoms with Crippen molar-refractivity contribution in [1.29, 1.82) is 0 Å². The highest BCUT2D eigenvalue weighted by atomic mass is 14.2. The number of unbranched alkanes of at least 4 members (excludes halogenated alkanes) is 4. The molecule has 0 aliphatic heterocycles. The van der Waals surface area contributed by atoms with Crippen LogP contribution in [0.2, 0.25) is 0 Å². The summed E-state index contributed by atoms with van der Waals surface area (Å²) in [7, 11) is 0. The summed E-state index contributed by atoms with van der Waals surface area (Å²) in [4.78, 5) is 0. The monoisotopic (exact) mass is 301 g/mol. The van der Waals surface area contributed by atoms with Gasteiger partial charge in [-0.15, -0.1) is 0 Å². The van der Waals surface area contributed by atoms with Crippen molar-refractivity contribution < 1.29 is 0 Å². The Hall–Kier alpha value is -0.780. The van der Waals surface area contributed by atoms with E-state index in [1.54, 1.807) is 22.3 Å². The third kappa shape index (κ3) is 6.55. The zero-order valence-electron chi connectivity index (χ0n) is 15.3. The Labute approximate surface area is 139 Å². The number of hydrogen-bond donors (Lipinski definition) is 0. The van der Waals surface area contributed by atoms with Crippen molar-refractivity contribution >= 4 is 0 Å². The molecule has 1 aromatic rings. The highest BCUT2D eigenvalue weighted by molar-refractivity contribution is 5.40. The molecule has 0 aromatic heterocycles. The van der Waals surface area contributed by atoms with Gasteiger partial charge in [0.15, 0.2) is 0 Å². The van der Waals surface area contributed by atoms with Crippen LogP contribution in [-0.2, 0) is 25.7 Å². The zero-order valence-corrected chi connectivity index (χ0v) is 15.3. The van der Waals surface area contributed by atoms with E-state index in [4.69, 9.17) is 0 Å². The summed E-state index contributed by atoms with van der Waals surface area (Å²) < 4.78 is 0. The topological polar surface area (TPSA) is 0 Å². The minimum absolute atomic E-state index is 1.05. The van der Waals surface area contributed by atoms with Crippen LogP contribution in [0, 0.1) is 6.92 Å². The quantitative estimate of drug-likeness (QED) is 0.395. The van der Waals surface area contributed by atoms with Crippen LogP contribution in [0.3, 0.4) is 0 Å². The summed E-state index contributed by atoms with van der Waals surface area (Å²) >= 11 is 0. The lowest BCUT2D eigenvalue weighted by Crippen LogP contribution is -2.04. The van der Waals surface area contributed by atoms with Crippen molar-refractivity contribution in [3.05, 3.63) is 41.3 Å². The molecule has 0 aliphatic carbocycles. The predicted octanol–water partition coefficient (Wildman–Crippen LogP) is 6.87. The number of hydrogen-bond acceptors (Lipinski definition) is 0. The van der Waals surface area contributed by atoms with Gasteiger partial charge in [-0.1, -0.05) is 65.5 Å². The molecule has 0 aliphatic rings. The fraction of sp³-hybridized carbons (Fsp3) is 0.682. The van der Waals surface area contributed by atoms with Crippen molar-refractivity contribution in [2.24, 2.45) is 0 Å². The average molecular weight is 302 g/mol. The predicted molar refractivity (Wildman–Crippen MR) is 101 cm³/mol.